The first-order valence-corrected chi connectivity index (χ1v) is 11.1. The third kappa shape index (κ3) is 4.91. The Bertz CT molecular complexity index is 929. The Labute approximate surface area is 170 Å². The van der Waals surface area contributed by atoms with Gasteiger partial charge in [0, 0.05) is 19.1 Å². The normalized spacial score (nSPS) is 16.1. The molecule has 1 amide bonds. The zero-order chi connectivity index (χ0) is 20.1. The molecule has 2 aromatic rings. The molecule has 0 aliphatic carbocycles. The molecule has 0 spiro atoms. The molecular weight excluding hydrogens is 398 g/mol. The average Bonchev–Trinajstić information content (AvgIpc) is 3.24. The first-order chi connectivity index (χ1) is 13.4. The number of carbonyl (C=O) groups excluding carboxylic acids is 1. The van der Waals surface area contributed by atoms with E-state index in [0.29, 0.717) is 23.8 Å². The lowest BCUT2D eigenvalue weighted by Gasteiger charge is -2.17. The van der Waals surface area contributed by atoms with Gasteiger partial charge in [-0.15, -0.1) is 0 Å². The number of rotatable bonds is 7. The van der Waals surface area contributed by atoms with Crippen molar-refractivity contribution in [3.8, 4) is 0 Å². The van der Waals surface area contributed by atoms with E-state index in [1.165, 1.54) is 22.5 Å². The van der Waals surface area contributed by atoms with Gasteiger partial charge in [-0.1, -0.05) is 41.9 Å². The molecule has 28 heavy (non-hydrogen) atoms. The Kier molecular flexibility index (Phi) is 6.72. The van der Waals surface area contributed by atoms with Gasteiger partial charge in [0.2, 0.25) is 15.9 Å². The number of nitrogens with one attached hydrogen (secondary N) is 2. The molecule has 1 fully saturated rings. The van der Waals surface area contributed by atoms with Crippen molar-refractivity contribution < 1.29 is 13.2 Å². The number of halogens is 1. The van der Waals surface area contributed by atoms with E-state index in [2.05, 4.69) is 10.6 Å². The van der Waals surface area contributed by atoms with Gasteiger partial charge in [-0.2, -0.15) is 4.31 Å². The fourth-order valence-electron chi connectivity index (χ4n) is 3.14. The summed E-state index contributed by atoms with van der Waals surface area (Å²) in [6.07, 6.45) is 1.73. The molecule has 1 aliphatic rings. The van der Waals surface area contributed by atoms with E-state index < -0.39 is 10.0 Å². The Morgan fingerprint density at radius 2 is 1.82 bits per heavy atom. The van der Waals surface area contributed by atoms with E-state index in [0.717, 1.165) is 18.4 Å². The van der Waals surface area contributed by atoms with Crippen molar-refractivity contribution in [1.82, 2.24) is 9.62 Å². The minimum atomic E-state index is -3.57. The van der Waals surface area contributed by atoms with Gasteiger partial charge in [0.15, 0.2) is 0 Å². The predicted molar refractivity (Wildman–Crippen MR) is 111 cm³/mol. The molecule has 2 N–H and O–H groups in total. The van der Waals surface area contributed by atoms with Crippen LogP contribution in [0, 0.1) is 0 Å². The summed E-state index contributed by atoms with van der Waals surface area (Å²) in [6.45, 7) is 3.09. The van der Waals surface area contributed by atoms with Gasteiger partial charge in [-0.05, 0) is 43.5 Å². The maximum atomic E-state index is 12.7. The van der Waals surface area contributed by atoms with E-state index in [1.807, 2.05) is 37.3 Å². The highest BCUT2D eigenvalue weighted by molar-refractivity contribution is 7.89. The lowest BCUT2D eigenvalue weighted by Crippen LogP contribution is -2.30. The number of anilines is 1. The van der Waals surface area contributed by atoms with Crippen LogP contribution in [-0.2, 0) is 14.8 Å². The second kappa shape index (κ2) is 9.05. The Morgan fingerprint density at radius 1 is 1.14 bits per heavy atom. The van der Waals surface area contributed by atoms with Crippen LogP contribution in [0.25, 0.3) is 0 Å². The maximum absolute atomic E-state index is 12.7. The smallest absolute Gasteiger partial charge is 0.243 e. The number of nitrogens with zero attached hydrogens (tertiary/aromatic N) is 1. The van der Waals surface area contributed by atoms with Crippen LogP contribution in [0.1, 0.15) is 31.4 Å². The van der Waals surface area contributed by atoms with Crippen molar-refractivity contribution in [1.29, 1.82) is 0 Å². The molecule has 0 radical (unpaired) electrons. The zero-order valence-corrected chi connectivity index (χ0v) is 17.3. The second-order valence-electron chi connectivity index (χ2n) is 6.81. The number of amides is 1. The SMILES string of the molecule is C[C@H](NCC(=O)Nc1cc(S(=O)(=O)N2CCCC2)ccc1Cl)c1ccccc1. The van der Waals surface area contributed by atoms with Gasteiger partial charge >= 0.3 is 0 Å². The number of carbonyl (C=O) groups is 1. The molecule has 0 saturated carbocycles. The molecule has 0 unspecified atom stereocenters. The van der Waals surface area contributed by atoms with Crippen LogP contribution in [0.5, 0.6) is 0 Å². The topological polar surface area (TPSA) is 78.5 Å². The summed E-state index contributed by atoms with van der Waals surface area (Å²) in [5.41, 5.74) is 1.37. The molecule has 6 nitrogen and oxygen atoms in total. The third-order valence-electron chi connectivity index (χ3n) is 4.78. The molecule has 0 aromatic heterocycles. The summed E-state index contributed by atoms with van der Waals surface area (Å²) in [7, 11) is -3.57. The van der Waals surface area contributed by atoms with Gasteiger partial charge in [0.25, 0.3) is 0 Å². The second-order valence-corrected chi connectivity index (χ2v) is 9.16. The van der Waals surface area contributed by atoms with E-state index >= 15 is 0 Å². The van der Waals surface area contributed by atoms with Crippen LogP contribution in [-0.4, -0.2) is 38.3 Å². The quantitative estimate of drug-likeness (QED) is 0.718. The highest BCUT2D eigenvalue weighted by Crippen LogP contribution is 2.28. The van der Waals surface area contributed by atoms with E-state index in [-0.39, 0.29) is 23.4 Å². The lowest BCUT2D eigenvalue weighted by atomic mass is 10.1. The Balaban J connectivity index is 1.65. The minimum absolute atomic E-state index is 0.00398. The van der Waals surface area contributed by atoms with Gasteiger partial charge < -0.3 is 10.6 Å². The molecule has 1 aliphatic heterocycles. The standard InChI is InChI=1S/C20H24ClN3O3S/c1-15(16-7-3-2-4-8-16)22-14-20(25)23-19-13-17(9-10-18(19)21)28(26,27)24-11-5-6-12-24/h2-4,7-10,13,15,22H,5-6,11-12,14H2,1H3,(H,23,25)/t15-/m0/s1. The first kappa shape index (κ1) is 20.8. The van der Waals surface area contributed by atoms with E-state index in [1.54, 1.807) is 0 Å². The molecule has 2 aromatic carbocycles. The maximum Gasteiger partial charge on any atom is 0.243 e. The Hall–Kier alpha value is -1.93. The van der Waals surface area contributed by atoms with Crippen LogP contribution < -0.4 is 10.6 Å². The molecule has 150 valence electrons. The van der Waals surface area contributed by atoms with Crippen LogP contribution >= 0.6 is 11.6 Å². The van der Waals surface area contributed by atoms with Gasteiger partial charge in [-0.3, -0.25) is 4.79 Å². The van der Waals surface area contributed by atoms with Crippen molar-refractivity contribution in [3.05, 3.63) is 59.1 Å². The lowest BCUT2D eigenvalue weighted by molar-refractivity contribution is -0.115. The number of benzene rings is 2. The number of hydrogen-bond acceptors (Lipinski definition) is 4. The van der Waals surface area contributed by atoms with Gasteiger partial charge in [-0.25, -0.2) is 8.42 Å². The molecule has 0 bridgehead atoms. The van der Waals surface area contributed by atoms with Gasteiger partial charge in [0.1, 0.15) is 0 Å². The van der Waals surface area contributed by atoms with Crippen molar-refractivity contribution in [2.75, 3.05) is 25.0 Å². The predicted octanol–water partition coefficient (Wildman–Crippen LogP) is 3.41. The molecule has 1 heterocycles. The summed E-state index contributed by atoms with van der Waals surface area (Å²) in [4.78, 5) is 12.5. The zero-order valence-electron chi connectivity index (χ0n) is 15.7. The van der Waals surface area contributed by atoms with Crippen molar-refractivity contribution >= 4 is 33.2 Å². The van der Waals surface area contributed by atoms with Crippen molar-refractivity contribution in [2.45, 2.75) is 30.7 Å². The average molecular weight is 422 g/mol. The number of hydrogen-bond donors (Lipinski definition) is 2. The molecule has 1 atom stereocenters. The summed E-state index contributed by atoms with van der Waals surface area (Å²) < 4.78 is 26.9. The van der Waals surface area contributed by atoms with Crippen molar-refractivity contribution in [3.63, 3.8) is 0 Å². The van der Waals surface area contributed by atoms with E-state index in [4.69, 9.17) is 11.6 Å². The first-order valence-electron chi connectivity index (χ1n) is 9.26. The summed E-state index contributed by atoms with van der Waals surface area (Å²) in [6, 6.07) is 14.2. The van der Waals surface area contributed by atoms with Gasteiger partial charge in [0.05, 0.1) is 22.2 Å². The summed E-state index contributed by atoms with van der Waals surface area (Å²) in [5, 5.41) is 6.15. The largest absolute Gasteiger partial charge is 0.324 e. The fourth-order valence-corrected chi connectivity index (χ4v) is 4.85. The third-order valence-corrected chi connectivity index (χ3v) is 7.01. The molecule has 8 heteroatoms. The van der Waals surface area contributed by atoms with Crippen LogP contribution in [0.3, 0.4) is 0 Å². The summed E-state index contributed by atoms with van der Waals surface area (Å²) in [5.74, 6) is -0.291. The molecule has 1 saturated heterocycles. The monoisotopic (exact) mass is 421 g/mol. The highest BCUT2D eigenvalue weighted by atomic mass is 35.5. The summed E-state index contributed by atoms with van der Waals surface area (Å²) >= 11 is 6.17. The van der Waals surface area contributed by atoms with Crippen LogP contribution in [0.2, 0.25) is 5.02 Å². The van der Waals surface area contributed by atoms with E-state index in [9.17, 15) is 13.2 Å². The van der Waals surface area contributed by atoms with Crippen molar-refractivity contribution in [2.24, 2.45) is 0 Å². The number of sulfonamides is 1. The molecule has 3 rings (SSSR count). The minimum Gasteiger partial charge on any atom is -0.324 e. The van der Waals surface area contributed by atoms with Crippen LogP contribution in [0.4, 0.5) is 5.69 Å². The Morgan fingerprint density at radius 3 is 2.50 bits per heavy atom. The van der Waals surface area contributed by atoms with Crippen LogP contribution in [0.15, 0.2) is 53.4 Å². The highest BCUT2D eigenvalue weighted by Gasteiger charge is 2.27. The molecular formula is C20H24ClN3O3S. The fraction of sp³-hybridized carbons (Fsp3) is 0.350.